The fraction of sp³-hybridized carbons (Fsp3) is 0.882. The van der Waals surface area contributed by atoms with Gasteiger partial charge in [-0.15, -0.1) is 6.58 Å². The Morgan fingerprint density at radius 3 is 2.33 bits per heavy atom. The first-order valence-corrected chi connectivity index (χ1v) is 10.4. The number of unbranched alkanes of at least 4 members (excludes halogenated alkanes) is 3. The molecule has 1 saturated carbocycles. The molecule has 0 aromatic rings. The third kappa shape index (κ3) is 8.58. The van der Waals surface area contributed by atoms with Crippen molar-refractivity contribution in [2.24, 2.45) is 0 Å². The largest absolute Gasteiger partial charge is 0.378 e. The maximum atomic E-state index is 11.1. The SMILES string of the molecule is C=CCN(C)CCCCCCOC1CCC(N(C)S(=O)(=O)O)CC1. The Hall–Kier alpha value is -0.470. The van der Waals surface area contributed by atoms with Crippen molar-refractivity contribution in [2.45, 2.75) is 63.5 Å². The minimum Gasteiger partial charge on any atom is -0.378 e. The maximum absolute atomic E-state index is 11.1. The molecule has 0 saturated heterocycles. The van der Waals surface area contributed by atoms with Crippen LogP contribution in [0.3, 0.4) is 0 Å². The minimum atomic E-state index is -4.08. The van der Waals surface area contributed by atoms with Crippen LogP contribution in [0.4, 0.5) is 0 Å². The van der Waals surface area contributed by atoms with Gasteiger partial charge in [0.25, 0.3) is 0 Å². The van der Waals surface area contributed by atoms with Crippen LogP contribution < -0.4 is 0 Å². The van der Waals surface area contributed by atoms with E-state index in [-0.39, 0.29) is 12.1 Å². The van der Waals surface area contributed by atoms with Crippen molar-refractivity contribution < 1.29 is 17.7 Å². The highest BCUT2D eigenvalue weighted by atomic mass is 32.2. The summed E-state index contributed by atoms with van der Waals surface area (Å²) in [5, 5.41) is 0. The van der Waals surface area contributed by atoms with Gasteiger partial charge in [-0.3, -0.25) is 4.55 Å². The third-order valence-corrected chi connectivity index (χ3v) is 5.78. The highest BCUT2D eigenvalue weighted by molar-refractivity contribution is 7.83. The molecule has 0 unspecified atom stereocenters. The van der Waals surface area contributed by atoms with E-state index in [1.807, 2.05) is 6.08 Å². The van der Waals surface area contributed by atoms with Crippen LogP contribution >= 0.6 is 0 Å². The zero-order chi connectivity index (χ0) is 18.0. The Labute approximate surface area is 147 Å². The number of rotatable bonds is 12. The molecule has 1 aliphatic rings. The van der Waals surface area contributed by atoms with Gasteiger partial charge in [0, 0.05) is 26.2 Å². The Bertz CT molecular complexity index is 448. The smallest absolute Gasteiger partial charge is 0.335 e. The molecule has 0 spiro atoms. The summed E-state index contributed by atoms with van der Waals surface area (Å²) < 4.78 is 38.3. The predicted molar refractivity (Wildman–Crippen MR) is 97.5 cm³/mol. The van der Waals surface area contributed by atoms with Gasteiger partial charge in [0.05, 0.1) is 6.10 Å². The van der Waals surface area contributed by atoms with Gasteiger partial charge in [-0.25, -0.2) is 0 Å². The van der Waals surface area contributed by atoms with Crippen molar-refractivity contribution in [1.29, 1.82) is 0 Å². The topological polar surface area (TPSA) is 70.1 Å². The summed E-state index contributed by atoms with van der Waals surface area (Å²) in [6, 6.07) is -0.104. The van der Waals surface area contributed by atoms with Gasteiger partial charge in [0.2, 0.25) is 0 Å². The number of likely N-dealkylation sites (N-methyl/N-ethyl adjacent to an activating group) is 1. The lowest BCUT2D eigenvalue weighted by Crippen LogP contribution is -2.40. The summed E-state index contributed by atoms with van der Waals surface area (Å²) >= 11 is 0. The second-order valence-electron chi connectivity index (χ2n) is 6.76. The quantitative estimate of drug-likeness (QED) is 0.328. The van der Waals surface area contributed by atoms with Crippen molar-refractivity contribution in [2.75, 3.05) is 33.8 Å². The van der Waals surface area contributed by atoms with Gasteiger partial charge in [-0.2, -0.15) is 12.7 Å². The summed E-state index contributed by atoms with van der Waals surface area (Å²) in [6.07, 6.45) is 10.1. The Kier molecular flexibility index (Phi) is 10.1. The second-order valence-corrected chi connectivity index (χ2v) is 8.23. The van der Waals surface area contributed by atoms with Crippen molar-refractivity contribution in [1.82, 2.24) is 9.21 Å². The van der Waals surface area contributed by atoms with E-state index < -0.39 is 10.3 Å². The normalized spacial score (nSPS) is 22.2. The van der Waals surface area contributed by atoms with E-state index in [1.165, 1.54) is 26.3 Å². The molecule has 0 heterocycles. The van der Waals surface area contributed by atoms with Crippen LogP contribution in [-0.4, -0.2) is 68.1 Å². The number of hydrogen-bond acceptors (Lipinski definition) is 4. The molecule has 142 valence electrons. The molecule has 0 bridgehead atoms. The molecule has 1 aliphatic carbocycles. The summed E-state index contributed by atoms with van der Waals surface area (Å²) in [4.78, 5) is 2.27. The van der Waals surface area contributed by atoms with Crippen LogP contribution in [0, 0.1) is 0 Å². The fourth-order valence-corrected chi connectivity index (χ4v) is 3.75. The lowest BCUT2D eigenvalue weighted by molar-refractivity contribution is 0.0151. The Balaban J connectivity index is 2.03. The van der Waals surface area contributed by atoms with Crippen LogP contribution in [-0.2, 0) is 15.0 Å². The van der Waals surface area contributed by atoms with Crippen LogP contribution in [0.15, 0.2) is 12.7 Å². The van der Waals surface area contributed by atoms with Crippen molar-refractivity contribution in [3.63, 3.8) is 0 Å². The van der Waals surface area contributed by atoms with Gasteiger partial charge >= 0.3 is 10.3 Å². The van der Waals surface area contributed by atoms with Crippen molar-refractivity contribution in [3.8, 4) is 0 Å². The summed E-state index contributed by atoms with van der Waals surface area (Å²) in [5.41, 5.74) is 0. The van der Waals surface area contributed by atoms with Crippen LogP contribution in [0.25, 0.3) is 0 Å². The van der Waals surface area contributed by atoms with Crippen LogP contribution in [0.2, 0.25) is 0 Å². The summed E-state index contributed by atoms with van der Waals surface area (Å²) in [6.45, 7) is 6.57. The van der Waals surface area contributed by atoms with Crippen LogP contribution in [0.5, 0.6) is 0 Å². The first-order valence-electron chi connectivity index (χ1n) is 8.96. The number of hydrogen-bond donors (Lipinski definition) is 1. The zero-order valence-corrected chi connectivity index (χ0v) is 16.0. The number of nitrogens with zero attached hydrogens (tertiary/aromatic N) is 2. The van der Waals surface area contributed by atoms with E-state index in [4.69, 9.17) is 9.29 Å². The zero-order valence-electron chi connectivity index (χ0n) is 15.2. The van der Waals surface area contributed by atoms with E-state index in [0.29, 0.717) is 0 Å². The molecule has 24 heavy (non-hydrogen) atoms. The molecular weight excluding hydrogens is 328 g/mol. The molecule has 0 atom stereocenters. The van der Waals surface area contributed by atoms with Gasteiger partial charge in [-0.05, 0) is 52.1 Å². The monoisotopic (exact) mass is 362 g/mol. The highest BCUT2D eigenvalue weighted by Crippen LogP contribution is 2.25. The molecule has 6 nitrogen and oxygen atoms in total. The van der Waals surface area contributed by atoms with Gasteiger partial charge in [-0.1, -0.05) is 18.9 Å². The van der Waals surface area contributed by atoms with E-state index >= 15 is 0 Å². The van der Waals surface area contributed by atoms with Gasteiger partial charge in [0.1, 0.15) is 0 Å². The fourth-order valence-electron chi connectivity index (χ4n) is 3.16. The van der Waals surface area contributed by atoms with E-state index in [2.05, 4.69) is 18.5 Å². The Morgan fingerprint density at radius 1 is 1.12 bits per heavy atom. The van der Waals surface area contributed by atoms with Gasteiger partial charge < -0.3 is 9.64 Å². The van der Waals surface area contributed by atoms with E-state index in [1.54, 1.807) is 0 Å². The lowest BCUT2D eigenvalue weighted by Gasteiger charge is -2.32. The van der Waals surface area contributed by atoms with E-state index in [0.717, 1.165) is 56.1 Å². The third-order valence-electron chi connectivity index (χ3n) is 4.75. The molecule has 0 aliphatic heterocycles. The molecule has 7 heteroatoms. The molecular formula is C17H34N2O4S. The molecule has 0 amide bonds. The second kappa shape index (κ2) is 11.2. The molecule has 1 fully saturated rings. The van der Waals surface area contributed by atoms with Gasteiger partial charge in [0.15, 0.2) is 0 Å². The summed E-state index contributed by atoms with van der Waals surface area (Å²) in [5.74, 6) is 0. The minimum absolute atomic E-state index is 0.104. The lowest BCUT2D eigenvalue weighted by atomic mass is 9.93. The first-order chi connectivity index (χ1) is 11.3. The van der Waals surface area contributed by atoms with Crippen molar-refractivity contribution in [3.05, 3.63) is 12.7 Å². The molecule has 0 aromatic heterocycles. The maximum Gasteiger partial charge on any atom is 0.335 e. The highest BCUT2D eigenvalue weighted by Gasteiger charge is 2.29. The standard InChI is InChI=1S/C17H34N2O4S/c1-4-13-18(2)14-7-5-6-8-15-23-17-11-9-16(10-12-17)19(3)24(20,21)22/h4,16-17H,1,5-15H2,2-3H3,(H,20,21,22). The molecule has 0 radical (unpaired) electrons. The molecule has 1 N–H and O–H groups in total. The average Bonchev–Trinajstić information content (AvgIpc) is 2.53. The average molecular weight is 363 g/mol. The summed E-state index contributed by atoms with van der Waals surface area (Å²) in [7, 11) is -0.526. The Morgan fingerprint density at radius 2 is 1.75 bits per heavy atom. The molecule has 0 aromatic carbocycles. The van der Waals surface area contributed by atoms with Crippen LogP contribution in [0.1, 0.15) is 51.4 Å². The molecule has 1 rings (SSSR count). The number of ether oxygens (including phenoxy) is 1. The first kappa shape index (κ1) is 21.6. The van der Waals surface area contributed by atoms with E-state index in [9.17, 15) is 8.42 Å². The predicted octanol–water partition coefficient (Wildman–Crippen LogP) is 2.73. The van der Waals surface area contributed by atoms with Crippen molar-refractivity contribution >= 4 is 10.3 Å².